The van der Waals surface area contributed by atoms with Gasteiger partial charge < -0.3 is 14.5 Å². The minimum absolute atomic E-state index is 0.0720. The Bertz CT molecular complexity index is 1020. The zero-order valence-electron chi connectivity index (χ0n) is 20.0. The van der Waals surface area contributed by atoms with Crippen LogP contribution in [-0.2, 0) is 9.59 Å². The van der Waals surface area contributed by atoms with Crippen molar-refractivity contribution < 1.29 is 14.3 Å². The average Bonchev–Trinajstić information content (AvgIpc) is 3.04. The Morgan fingerprint density at radius 3 is 1.97 bits per heavy atom. The molecule has 0 aliphatic carbocycles. The number of carbonyl (C=O) groups is 2. The van der Waals surface area contributed by atoms with Crippen LogP contribution in [0.3, 0.4) is 0 Å². The molecule has 1 saturated heterocycles. The van der Waals surface area contributed by atoms with Gasteiger partial charge in [0.05, 0.1) is 11.7 Å². The molecule has 1 fully saturated rings. The highest BCUT2D eigenvalue weighted by Gasteiger charge is 2.42. The number of amides is 2. The number of carbonyl (C=O) groups excluding carboxylic acids is 2. The molecule has 2 heterocycles. The van der Waals surface area contributed by atoms with Gasteiger partial charge in [-0.2, -0.15) is 0 Å². The maximum Gasteiger partial charge on any atom is 0.277 e. The van der Waals surface area contributed by atoms with Gasteiger partial charge in [-0.1, -0.05) is 44.2 Å². The normalized spacial score (nSPS) is 17.1. The van der Waals surface area contributed by atoms with E-state index in [9.17, 15) is 9.59 Å². The van der Waals surface area contributed by atoms with Crippen molar-refractivity contribution in [3.8, 4) is 5.75 Å². The highest BCUT2D eigenvalue weighted by molar-refractivity contribution is 6.35. The Balaban J connectivity index is 1.63. The molecule has 6 nitrogen and oxygen atoms in total. The maximum absolute atomic E-state index is 13.5. The summed E-state index contributed by atoms with van der Waals surface area (Å²) in [5.74, 6) is 0.574. The number of imide groups is 1. The smallest absolute Gasteiger partial charge is 0.277 e. The van der Waals surface area contributed by atoms with Crippen LogP contribution in [0.1, 0.15) is 33.3 Å². The molecular formula is C27H33N3O3. The van der Waals surface area contributed by atoms with Gasteiger partial charge in [-0.25, -0.2) is 0 Å². The van der Waals surface area contributed by atoms with Crippen LogP contribution >= 0.6 is 0 Å². The standard InChI is InChI=1S/C27H33N3O3/c1-19(2)18-30-26(31)24(21-10-12-23(13-11-21)33-20(3)4)25(27(30)32)29-16-14-28(15-17-29)22-8-6-5-7-9-22/h5-13,19-20H,14-18H2,1-4H3. The Morgan fingerprint density at radius 1 is 0.788 bits per heavy atom. The number of piperazine rings is 1. The van der Waals surface area contributed by atoms with Crippen molar-refractivity contribution >= 4 is 23.1 Å². The highest BCUT2D eigenvalue weighted by atomic mass is 16.5. The van der Waals surface area contributed by atoms with Crippen LogP contribution in [0.25, 0.3) is 5.57 Å². The number of anilines is 1. The lowest BCUT2D eigenvalue weighted by atomic mass is 10.0. The summed E-state index contributed by atoms with van der Waals surface area (Å²) in [5, 5.41) is 0. The molecule has 33 heavy (non-hydrogen) atoms. The SMILES string of the molecule is CC(C)CN1C(=O)C(c2ccc(OC(C)C)cc2)=C(N2CCN(c3ccccc3)CC2)C1=O. The molecule has 2 aliphatic heterocycles. The van der Waals surface area contributed by atoms with E-state index in [2.05, 4.69) is 21.9 Å². The van der Waals surface area contributed by atoms with Gasteiger partial charge in [-0.15, -0.1) is 0 Å². The second kappa shape index (κ2) is 9.69. The first-order valence-electron chi connectivity index (χ1n) is 11.8. The van der Waals surface area contributed by atoms with Gasteiger partial charge in [-0.3, -0.25) is 14.5 Å². The number of para-hydroxylation sites is 1. The largest absolute Gasteiger partial charge is 0.491 e. The number of ether oxygens (including phenoxy) is 1. The van der Waals surface area contributed by atoms with Gasteiger partial charge in [-0.05, 0) is 49.6 Å². The summed E-state index contributed by atoms with van der Waals surface area (Å²) in [6.07, 6.45) is 0.0720. The van der Waals surface area contributed by atoms with Crippen molar-refractivity contribution in [3.63, 3.8) is 0 Å². The van der Waals surface area contributed by atoms with Gasteiger partial charge in [0.15, 0.2) is 0 Å². The number of rotatable bonds is 7. The van der Waals surface area contributed by atoms with Gasteiger partial charge in [0.2, 0.25) is 0 Å². The molecule has 2 aliphatic rings. The monoisotopic (exact) mass is 447 g/mol. The highest BCUT2D eigenvalue weighted by Crippen LogP contribution is 2.34. The summed E-state index contributed by atoms with van der Waals surface area (Å²) in [6.45, 7) is 11.4. The van der Waals surface area contributed by atoms with Crippen LogP contribution < -0.4 is 9.64 Å². The van der Waals surface area contributed by atoms with E-state index >= 15 is 0 Å². The van der Waals surface area contributed by atoms with Crippen LogP contribution in [0, 0.1) is 5.92 Å². The van der Waals surface area contributed by atoms with Crippen molar-refractivity contribution in [3.05, 3.63) is 65.9 Å². The number of hydrogen-bond donors (Lipinski definition) is 0. The van der Waals surface area contributed by atoms with Crippen LogP contribution in [0.15, 0.2) is 60.3 Å². The van der Waals surface area contributed by atoms with E-state index in [1.165, 1.54) is 10.6 Å². The molecule has 0 bridgehead atoms. The van der Waals surface area contributed by atoms with E-state index in [-0.39, 0.29) is 23.8 Å². The molecule has 0 N–H and O–H groups in total. The quantitative estimate of drug-likeness (QED) is 0.600. The molecule has 2 aromatic rings. The Morgan fingerprint density at radius 2 is 1.39 bits per heavy atom. The van der Waals surface area contributed by atoms with Crippen LogP contribution in [-0.4, -0.2) is 60.4 Å². The second-order valence-corrected chi connectivity index (χ2v) is 9.34. The number of nitrogens with zero attached hydrogens (tertiary/aromatic N) is 3. The first-order valence-corrected chi connectivity index (χ1v) is 11.8. The van der Waals surface area contributed by atoms with Gasteiger partial charge in [0.1, 0.15) is 11.4 Å². The molecule has 6 heteroatoms. The lowest BCUT2D eigenvalue weighted by Crippen LogP contribution is -2.47. The molecule has 0 atom stereocenters. The fourth-order valence-electron chi connectivity index (χ4n) is 4.45. The minimum Gasteiger partial charge on any atom is -0.491 e. The third-order valence-electron chi connectivity index (χ3n) is 5.92. The second-order valence-electron chi connectivity index (χ2n) is 9.34. The van der Waals surface area contributed by atoms with E-state index in [1.807, 2.05) is 70.2 Å². The van der Waals surface area contributed by atoms with E-state index in [0.717, 1.165) is 24.4 Å². The lowest BCUT2D eigenvalue weighted by Gasteiger charge is -2.37. The van der Waals surface area contributed by atoms with Crippen molar-refractivity contribution in [1.82, 2.24) is 9.80 Å². The van der Waals surface area contributed by atoms with Crippen molar-refractivity contribution in [2.75, 3.05) is 37.6 Å². The summed E-state index contributed by atoms with van der Waals surface area (Å²) in [4.78, 5) is 32.7. The topological polar surface area (TPSA) is 53.1 Å². The Kier molecular flexibility index (Phi) is 6.72. The molecular weight excluding hydrogens is 414 g/mol. The van der Waals surface area contributed by atoms with Crippen LogP contribution in [0.4, 0.5) is 5.69 Å². The molecule has 0 unspecified atom stereocenters. The van der Waals surface area contributed by atoms with Crippen molar-refractivity contribution in [1.29, 1.82) is 0 Å². The molecule has 0 radical (unpaired) electrons. The maximum atomic E-state index is 13.5. The first kappa shape index (κ1) is 22.9. The zero-order valence-corrected chi connectivity index (χ0v) is 20.0. The van der Waals surface area contributed by atoms with Crippen LogP contribution in [0.2, 0.25) is 0 Å². The summed E-state index contributed by atoms with van der Waals surface area (Å²) in [6, 6.07) is 17.8. The Labute approximate surface area is 196 Å². The molecule has 4 rings (SSSR count). The molecule has 174 valence electrons. The minimum atomic E-state index is -0.202. The third kappa shape index (κ3) is 4.90. The van der Waals surface area contributed by atoms with E-state index in [4.69, 9.17) is 4.74 Å². The summed E-state index contributed by atoms with van der Waals surface area (Å²) in [7, 11) is 0. The lowest BCUT2D eigenvalue weighted by molar-refractivity contribution is -0.138. The van der Waals surface area contributed by atoms with E-state index in [1.54, 1.807) is 0 Å². The fraction of sp³-hybridized carbons (Fsp3) is 0.407. The molecule has 2 aromatic carbocycles. The van der Waals surface area contributed by atoms with Gasteiger partial charge >= 0.3 is 0 Å². The van der Waals surface area contributed by atoms with E-state index < -0.39 is 0 Å². The van der Waals surface area contributed by atoms with E-state index in [0.29, 0.717) is 30.9 Å². The third-order valence-corrected chi connectivity index (χ3v) is 5.92. The molecule has 2 amide bonds. The zero-order chi connectivity index (χ0) is 23.5. The van der Waals surface area contributed by atoms with Crippen molar-refractivity contribution in [2.45, 2.75) is 33.8 Å². The van der Waals surface area contributed by atoms with Gasteiger partial charge in [0, 0.05) is 38.4 Å². The van der Waals surface area contributed by atoms with Crippen molar-refractivity contribution in [2.24, 2.45) is 5.92 Å². The number of hydrogen-bond acceptors (Lipinski definition) is 5. The summed E-state index contributed by atoms with van der Waals surface area (Å²) in [5.41, 5.74) is 2.98. The molecule has 0 saturated carbocycles. The first-order chi connectivity index (χ1) is 15.8. The predicted octanol–water partition coefficient (Wildman–Crippen LogP) is 4.03. The average molecular weight is 448 g/mol. The summed E-state index contributed by atoms with van der Waals surface area (Å²) < 4.78 is 5.76. The van der Waals surface area contributed by atoms with Crippen LogP contribution in [0.5, 0.6) is 5.75 Å². The fourth-order valence-corrected chi connectivity index (χ4v) is 4.45. The summed E-state index contributed by atoms with van der Waals surface area (Å²) >= 11 is 0. The number of benzene rings is 2. The predicted molar refractivity (Wildman–Crippen MR) is 131 cm³/mol. The molecule has 0 aromatic heterocycles. The molecule has 0 spiro atoms. The Hall–Kier alpha value is -3.28. The van der Waals surface area contributed by atoms with Gasteiger partial charge in [0.25, 0.3) is 11.8 Å².